The maximum absolute atomic E-state index is 9.56. The van der Waals surface area contributed by atoms with Crippen LogP contribution in [0.25, 0.3) is 5.82 Å². The Balaban J connectivity index is 2.14. The van der Waals surface area contributed by atoms with Gasteiger partial charge in [-0.1, -0.05) is 11.6 Å². The van der Waals surface area contributed by atoms with Gasteiger partial charge in [0.1, 0.15) is 11.6 Å². The van der Waals surface area contributed by atoms with Crippen molar-refractivity contribution in [2.24, 2.45) is 0 Å². The third kappa shape index (κ3) is 2.01. The number of nitrogens with zero attached hydrogens (tertiary/aromatic N) is 3. The number of hydrogen-bond acceptors (Lipinski definition) is 4. The van der Waals surface area contributed by atoms with Gasteiger partial charge in [0.25, 0.3) is 5.25 Å². The van der Waals surface area contributed by atoms with Gasteiger partial charge in [0, 0.05) is 24.5 Å². The van der Waals surface area contributed by atoms with Gasteiger partial charge in [-0.3, -0.25) is 4.57 Å². The molecular weight excluding hydrogens is 254 g/mol. The van der Waals surface area contributed by atoms with Gasteiger partial charge in [0.2, 0.25) is 0 Å². The fourth-order valence-electron chi connectivity index (χ4n) is 1.97. The molecule has 0 aromatic carbocycles. The minimum Gasteiger partial charge on any atom is -0.349 e. The van der Waals surface area contributed by atoms with Gasteiger partial charge in [0.15, 0.2) is 0 Å². The van der Waals surface area contributed by atoms with Gasteiger partial charge in [0.05, 0.1) is 5.56 Å². The first-order chi connectivity index (χ1) is 8.57. The van der Waals surface area contributed by atoms with Crippen LogP contribution in [0.15, 0.2) is 30.7 Å². The van der Waals surface area contributed by atoms with Gasteiger partial charge >= 0.3 is 0 Å². The summed E-state index contributed by atoms with van der Waals surface area (Å²) in [5, 5.41) is 16.7. The molecule has 2 heterocycles. The molecule has 0 aliphatic heterocycles. The van der Waals surface area contributed by atoms with E-state index < -0.39 is 5.25 Å². The zero-order valence-electron chi connectivity index (χ0n) is 9.49. The standard InChI is InChI=1S/C12H12ClN3O2/c13-12(17,18)9-2-1-5-14-11(9)16-7-6-15-10(16)8-3-4-8/h1-2,5-8,17-18H,3-4H2. The molecule has 6 heteroatoms. The van der Waals surface area contributed by atoms with Crippen LogP contribution in [0.1, 0.15) is 30.1 Å². The number of aromatic nitrogens is 3. The predicted molar refractivity (Wildman–Crippen MR) is 65.3 cm³/mol. The van der Waals surface area contributed by atoms with E-state index in [0.29, 0.717) is 11.7 Å². The Kier molecular flexibility index (Phi) is 2.62. The largest absolute Gasteiger partial charge is 0.349 e. The van der Waals surface area contributed by atoms with Gasteiger partial charge in [-0.2, -0.15) is 0 Å². The molecule has 2 aromatic heterocycles. The highest BCUT2D eigenvalue weighted by molar-refractivity contribution is 6.21. The lowest BCUT2D eigenvalue weighted by Gasteiger charge is -2.18. The SMILES string of the molecule is OC(O)(Cl)c1cccnc1-n1ccnc1C1CC1. The van der Waals surface area contributed by atoms with Crippen molar-refractivity contribution in [1.29, 1.82) is 0 Å². The molecule has 1 saturated carbocycles. The van der Waals surface area contributed by atoms with Gasteiger partial charge in [-0.25, -0.2) is 9.97 Å². The molecule has 0 radical (unpaired) electrons. The summed E-state index contributed by atoms with van der Waals surface area (Å²) in [6.45, 7) is 0. The number of aliphatic hydroxyl groups is 2. The minimum atomic E-state index is -2.44. The molecule has 1 aliphatic carbocycles. The highest BCUT2D eigenvalue weighted by Gasteiger charge is 2.32. The molecule has 1 aliphatic rings. The van der Waals surface area contributed by atoms with Crippen LogP contribution < -0.4 is 0 Å². The van der Waals surface area contributed by atoms with E-state index in [0.717, 1.165) is 18.7 Å². The smallest absolute Gasteiger partial charge is 0.275 e. The summed E-state index contributed by atoms with van der Waals surface area (Å²) in [7, 11) is 0. The number of hydrogen-bond donors (Lipinski definition) is 2. The zero-order valence-corrected chi connectivity index (χ0v) is 10.2. The summed E-state index contributed by atoms with van der Waals surface area (Å²) >= 11 is 5.57. The lowest BCUT2D eigenvalue weighted by atomic mass is 10.2. The summed E-state index contributed by atoms with van der Waals surface area (Å²) < 4.78 is 1.76. The Bertz CT molecular complexity index is 573. The summed E-state index contributed by atoms with van der Waals surface area (Å²) in [6.07, 6.45) is 7.21. The fourth-order valence-corrected chi connectivity index (χ4v) is 2.12. The number of alkyl halides is 1. The Morgan fingerprint density at radius 3 is 2.72 bits per heavy atom. The van der Waals surface area contributed by atoms with E-state index in [9.17, 15) is 10.2 Å². The number of pyridine rings is 1. The number of rotatable bonds is 3. The Hall–Kier alpha value is -1.43. The maximum atomic E-state index is 9.56. The molecule has 0 atom stereocenters. The van der Waals surface area contributed by atoms with Crippen molar-refractivity contribution < 1.29 is 10.2 Å². The summed E-state index contributed by atoms with van der Waals surface area (Å²) in [5.74, 6) is 1.71. The van der Waals surface area contributed by atoms with E-state index in [-0.39, 0.29) is 5.56 Å². The molecule has 5 nitrogen and oxygen atoms in total. The van der Waals surface area contributed by atoms with Crippen molar-refractivity contribution in [3.8, 4) is 5.82 Å². The molecule has 18 heavy (non-hydrogen) atoms. The average molecular weight is 266 g/mol. The third-order valence-corrected chi connectivity index (χ3v) is 3.17. The van der Waals surface area contributed by atoms with E-state index in [1.807, 2.05) is 0 Å². The second-order valence-corrected chi connectivity index (χ2v) is 4.92. The van der Waals surface area contributed by atoms with Crippen molar-refractivity contribution in [1.82, 2.24) is 14.5 Å². The molecule has 94 valence electrons. The van der Waals surface area contributed by atoms with Crippen LogP contribution in [0.3, 0.4) is 0 Å². The normalized spacial score (nSPS) is 15.9. The van der Waals surface area contributed by atoms with Gasteiger partial charge < -0.3 is 10.2 Å². The third-order valence-electron chi connectivity index (χ3n) is 2.97. The van der Waals surface area contributed by atoms with E-state index in [4.69, 9.17) is 11.6 Å². The Morgan fingerprint density at radius 1 is 1.28 bits per heavy atom. The summed E-state index contributed by atoms with van der Waals surface area (Å²) in [6, 6.07) is 3.14. The highest BCUT2D eigenvalue weighted by atomic mass is 35.5. The monoisotopic (exact) mass is 265 g/mol. The first-order valence-electron chi connectivity index (χ1n) is 5.70. The Labute approximate surface area is 109 Å². The second-order valence-electron chi connectivity index (χ2n) is 4.39. The Morgan fingerprint density at radius 2 is 2.06 bits per heavy atom. The number of imidazole rings is 1. The molecule has 0 unspecified atom stereocenters. The van der Waals surface area contributed by atoms with Crippen molar-refractivity contribution in [2.45, 2.75) is 24.0 Å². The molecule has 0 bridgehead atoms. The van der Waals surface area contributed by atoms with E-state index >= 15 is 0 Å². The summed E-state index contributed by atoms with van der Waals surface area (Å²) in [5.41, 5.74) is 0.145. The molecule has 0 saturated heterocycles. The van der Waals surface area contributed by atoms with Crippen LogP contribution in [0.4, 0.5) is 0 Å². The molecule has 0 amide bonds. The predicted octanol–water partition coefficient (Wildman–Crippen LogP) is 1.48. The van der Waals surface area contributed by atoms with Gasteiger partial charge in [-0.05, 0) is 25.0 Å². The maximum Gasteiger partial charge on any atom is 0.275 e. The second kappa shape index (κ2) is 4.05. The first-order valence-corrected chi connectivity index (χ1v) is 6.08. The van der Waals surface area contributed by atoms with Crippen LogP contribution in [-0.4, -0.2) is 24.7 Å². The fraction of sp³-hybridized carbons (Fsp3) is 0.333. The highest BCUT2D eigenvalue weighted by Crippen LogP contribution is 2.40. The van der Waals surface area contributed by atoms with Gasteiger partial charge in [-0.15, -0.1) is 0 Å². The molecular formula is C12H12ClN3O2. The van der Waals surface area contributed by atoms with Crippen LogP contribution in [0, 0.1) is 0 Å². The van der Waals surface area contributed by atoms with Crippen LogP contribution >= 0.6 is 11.6 Å². The lowest BCUT2D eigenvalue weighted by molar-refractivity contribution is -0.0903. The van der Waals surface area contributed by atoms with Crippen LogP contribution in [0.5, 0.6) is 0 Å². The quantitative estimate of drug-likeness (QED) is 0.651. The lowest BCUT2D eigenvalue weighted by Crippen LogP contribution is -2.20. The molecule has 0 spiro atoms. The summed E-state index contributed by atoms with van der Waals surface area (Å²) in [4.78, 5) is 8.47. The van der Waals surface area contributed by atoms with Crippen molar-refractivity contribution in [2.75, 3.05) is 0 Å². The zero-order chi connectivity index (χ0) is 12.8. The molecule has 2 N–H and O–H groups in total. The van der Waals surface area contributed by atoms with E-state index in [2.05, 4.69) is 9.97 Å². The molecule has 1 fully saturated rings. The van der Waals surface area contributed by atoms with Crippen molar-refractivity contribution >= 4 is 11.6 Å². The van der Waals surface area contributed by atoms with Crippen molar-refractivity contribution in [3.63, 3.8) is 0 Å². The van der Waals surface area contributed by atoms with Crippen LogP contribution in [0.2, 0.25) is 0 Å². The van der Waals surface area contributed by atoms with E-state index in [1.54, 1.807) is 29.2 Å². The molecule has 2 aromatic rings. The minimum absolute atomic E-state index is 0.145. The first kappa shape index (κ1) is 11.6. The number of halogens is 1. The molecule has 3 rings (SSSR count). The van der Waals surface area contributed by atoms with Crippen molar-refractivity contribution in [3.05, 3.63) is 42.1 Å². The van der Waals surface area contributed by atoms with E-state index in [1.165, 1.54) is 6.07 Å². The van der Waals surface area contributed by atoms with Crippen LogP contribution in [-0.2, 0) is 5.25 Å². The average Bonchev–Trinajstić information content (AvgIpc) is 3.06. The topological polar surface area (TPSA) is 71.2 Å².